The van der Waals surface area contributed by atoms with Crippen LogP contribution < -0.4 is 0 Å². The number of benzene rings is 2. The summed E-state index contributed by atoms with van der Waals surface area (Å²) < 4.78 is 1.06. The third-order valence-corrected chi connectivity index (χ3v) is 5.72. The van der Waals surface area contributed by atoms with Crippen LogP contribution in [0.3, 0.4) is 0 Å². The minimum atomic E-state index is -0.688. The summed E-state index contributed by atoms with van der Waals surface area (Å²) in [5.74, 6) is 6.07. The maximum atomic E-state index is 10.5. The number of rotatable bonds is 6. The van der Waals surface area contributed by atoms with Gasteiger partial charge in [-0.2, -0.15) is 0 Å². The average Bonchev–Trinajstić information content (AvgIpc) is 2.61. The van der Waals surface area contributed by atoms with Crippen molar-refractivity contribution in [3.63, 3.8) is 0 Å². The van der Waals surface area contributed by atoms with E-state index in [1.165, 1.54) is 12.8 Å². The van der Waals surface area contributed by atoms with E-state index < -0.39 is 6.10 Å². The van der Waals surface area contributed by atoms with Crippen LogP contribution in [0.5, 0.6) is 0 Å². The standard InChI is InChI=1S/C21H22OSe/c1-2-3-16-23-21(17-19-12-8-5-9-13-19)20(22)15-14-18-10-6-4-7-11-18/h4-13,17,20,22H,2-3,16H2,1H3/b21-17-. The molecule has 1 unspecified atom stereocenters. The van der Waals surface area contributed by atoms with E-state index in [-0.39, 0.29) is 15.0 Å². The molecular weight excluding hydrogens is 347 g/mol. The molecule has 0 aliphatic carbocycles. The van der Waals surface area contributed by atoms with Crippen LogP contribution in [0.4, 0.5) is 0 Å². The predicted octanol–water partition coefficient (Wildman–Crippen LogP) is 4.36. The molecule has 1 atom stereocenters. The van der Waals surface area contributed by atoms with Gasteiger partial charge in [0.05, 0.1) is 0 Å². The Labute approximate surface area is 145 Å². The molecular formula is C21H22OSe. The summed E-state index contributed by atoms with van der Waals surface area (Å²) in [6, 6.07) is 20.0. The Kier molecular flexibility index (Phi) is 7.70. The van der Waals surface area contributed by atoms with Gasteiger partial charge in [-0.05, 0) is 0 Å². The van der Waals surface area contributed by atoms with Crippen LogP contribution >= 0.6 is 0 Å². The maximum absolute atomic E-state index is 10.5. The summed E-state index contributed by atoms with van der Waals surface area (Å²) in [5.41, 5.74) is 2.06. The Morgan fingerprint density at radius 3 is 2.39 bits per heavy atom. The normalized spacial score (nSPS) is 12.3. The second-order valence-electron chi connectivity index (χ2n) is 5.20. The van der Waals surface area contributed by atoms with Gasteiger partial charge in [-0.1, -0.05) is 0 Å². The van der Waals surface area contributed by atoms with E-state index in [2.05, 4.69) is 37.0 Å². The second-order valence-corrected chi connectivity index (χ2v) is 7.65. The van der Waals surface area contributed by atoms with Gasteiger partial charge in [-0.15, -0.1) is 0 Å². The number of aliphatic hydroxyl groups excluding tert-OH is 1. The molecule has 118 valence electrons. The molecule has 0 fully saturated rings. The fraction of sp³-hybridized carbons (Fsp3) is 0.238. The molecule has 2 aromatic rings. The molecule has 0 heterocycles. The molecule has 0 spiro atoms. The summed E-state index contributed by atoms with van der Waals surface area (Å²) in [6.45, 7) is 2.20. The summed E-state index contributed by atoms with van der Waals surface area (Å²) >= 11 is 0.274. The Morgan fingerprint density at radius 2 is 1.74 bits per heavy atom. The fourth-order valence-electron chi connectivity index (χ4n) is 1.99. The molecule has 23 heavy (non-hydrogen) atoms. The van der Waals surface area contributed by atoms with E-state index in [0.29, 0.717) is 0 Å². The van der Waals surface area contributed by atoms with Crippen LogP contribution in [-0.4, -0.2) is 26.2 Å². The quantitative estimate of drug-likeness (QED) is 0.456. The first-order valence-electron chi connectivity index (χ1n) is 7.93. The Bertz CT molecular complexity index is 665. The van der Waals surface area contributed by atoms with Gasteiger partial charge in [0.2, 0.25) is 0 Å². The van der Waals surface area contributed by atoms with Crippen molar-refractivity contribution in [3.8, 4) is 11.8 Å². The van der Waals surface area contributed by atoms with Crippen molar-refractivity contribution < 1.29 is 5.11 Å². The van der Waals surface area contributed by atoms with E-state index in [1.807, 2.05) is 48.5 Å². The van der Waals surface area contributed by atoms with Crippen LogP contribution in [0.15, 0.2) is 65.1 Å². The molecule has 0 aliphatic heterocycles. The molecule has 0 aromatic heterocycles. The summed E-state index contributed by atoms with van der Waals surface area (Å²) in [4.78, 5) is 0. The topological polar surface area (TPSA) is 20.2 Å². The van der Waals surface area contributed by atoms with Crippen molar-refractivity contribution in [2.24, 2.45) is 0 Å². The zero-order chi connectivity index (χ0) is 16.3. The molecule has 1 N–H and O–H groups in total. The molecule has 0 saturated heterocycles. The third kappa shape index (κ3) is 6.47. The van der Waals surface area contributed by atoms with E-state index in [9.17, 15) is 5.11 Å². The van der Waals surface area contributed by atoms with Crippen molar-refractivity contribution in [2.45, 2.75) is 31.2 Å². The third-order valence-electron chi connectivity index (χ3n) is 3.27. The molecule has 0 radical (unpaired) electrons. The van der Waals surface area contributed by atoms with Crippen molar-refractivity contribution in [3.05, 3.63) is 76.3 Å². The van der Waals surface area contributed by atoms with E-state index in [0.717, 1.165) is 20.9 Å². The SMILES string of the molecule is CCCC[Se]/C(=C\c1ccccc1)C(O)C#Cc1ccccc1. The van der Waals surface area contributed by atoms with Gasteiger partial charge in [-0.25, -0.2) is 0 Å². The molecule has 0 aliphatic rings. The molecule has 2 heteroatoms. The summed E-state index contributed by atoms with van der Waals surface area (Å²) in [6.07, 6.45) is 3.80. The number of hydrogen-bond acceptors (Lipinski definition) is 1. The number of hydrogen-bond donors (Lipinski definition) is 1. The van der Waals surface area contributed by atoms with Crippen LogP contribution in [-0.2, 0) is 0 Å². The van der Waals surface area contributed by atoms with Gasteiger partial charge in [0.1, 0.15) is 0 Å². The predicted molar refractivity (Wildman–Crippen MR) is 99.2 cm³/mol. The minimum absolute atomic E-state index is 0.274. The Balaban J connectivity index is 2.16. The first-order chi connectivity index (χ1) is 11.3. The Morgan fingerprint density at radius 1 is 1.09 bits per heavy atom. The van der Waals surface area contributed by atoms with E-state index in [4.69, 9.17) is 0 Å². The Hall–Kier alpha value is -1.78. The number of unbranched alkanes of at least 4 members (excludes halogenated alkanes) is 1. The molecule has 0 amide bonds. The number of aliphatic hydroxyl groups is 1. The fourth-order valence-corrected chi connectivity index (χ4v) is 4.31. The van der Waals surface area contributed by atoms with Crippen LogP contribution in [0.1, 0.15) is 30.9 Å². The van der Waals surface area contributed by atoms with Crippen molar-refractivity contribution in [2.75, 3.05) is 0 Å². The second kappa shape index (κ2) is 10.1. The average molecular weight is 369 g/mol. The van der Waals surface area contributed by atoms with Crippen LogP contribution in [0.25, 0.3) is 6.08 Å². The molecule has 2 rings (SSSR count). The van der Waals surface area contributed by atoms with E-state index >= 15 is 0 Å². The molecule has 0 saturated carbocycles. The zero-order valence-electron chi connectivity index (χ0n) is 13.4. The van der Waals surface area contributed by atoms with E-state index in [1.54, 1.807) is 0 Å². The van der Waals surface area contributed by atoms with Gasteiger partial charge in [0.15, 0.2) is 0 Å². The van der Waals surface area contributed by atoms with Crippen LogP contribution in [0, 0.1) is 11.8 Å². The van der Waals surface area contributed by atoms with Gasteiger partial charge in [0, 0.05) is 0 Å². The molecule has 0 bridgehead atoms. The van der Waals surface area contributed by atoms with Crippen molar-refractivity contribution in [1.29, 1.82) is 0 Å². The van der Waals surface area contributed by atoms with Gasteiger partial charge >= 0.3 is 145 Å². The summed E-state index contributed by atoms with van der Waals surface area (Å²) in [5, 5.41) is 11.6. The molecule has 2 aromatic carbocycles. The summed E-state index contributed by atoms with van der Waals surface area (Å²) in [7, 11) is 0. The van der Waals surface area contributed by atoms with Crippen molar-refractivity contribution in [1.82, 2.24) is 0 Å². The van der Waals surface area contributed by atoms with Gasteiger partial charge in [-0.3, -0.25) is 0 Å². The van der Waals surface area contributed by atoms with Gasteiger partial charge in [0.25, 0.3) is 0 Å². The first kappa shape index (κ1) is 17.6. The van der Waals surface area contributed by atoms with Crippen LogP contribution in [0.2, 0.25) is 5.32 Å². The van der Waals surface area contributed by atoms with Crippen molar-refractivity contribution >= 4 is 21.0 Å². The first-order valence-corrected chi connectivity index (χ1v) is 10.0. The zero-order valence-corrected chi connectivity index (χ0v) is 15.1. The molecule has 1 nitrogen and oxygen atoms in total. The monoisotopic (exact) mass is 370 g/mol. The van der Waals surface area contributed by atoms with Gasteiger partial charge < -0.3 is 0 Å².